The van der Waals surface area contributed by atoms with E-state index in [1.807, 2.05) is 26.1 Å². The van der Waals surface area contributed by atoms with E-state index in [9.17, 15) is 0 Å². The van der Waals surface area contributed by atoms with Crippen molar-refractivity contribution in [2.75, 3.05) is 20.3 Å². The van der Waals surface area contributed by atoms with E-state index in [1.165, 1.54) is 0 Å². The van der Waals surface area contributed by atoms with Crippen molar-refractivity contribution in [3.05, 3.63) is 23.5 Å². The number of aryl methyl sites for hydroxylation is 1. The highest BCUT2D eigenvalue weighted by molar-refractivity contribution is 5.33. The van der Waals surface area contributed by atoms with Crippen molar-refractivity contribution >= 4 is 0 Å². The van der Waals surface area contributed by atoms with Crippen LogP contribution in [0, 0.1) is 6.92 Å². The van der Waals surface area contributed by atoms with Crippen molar-refractivity contribution in [1.82, 2.24) is 10.3 Å². The van der Waals surface area contributed by atoms with Crippen LogP contribution in [0.4, 0.5) is 0 Å². The maximum Gasteiger partial charge on any atom is 0.127 e. The molecule has 1 N–H and O–H groups in total. The van der Waals surface area contributed by atoms with Crippen LogP contribution >= 0.6 is 0 Å². The number of pyridine rings is 1. The van der Waals surface area contributed by atoms with Crippen LogP contribution in [-0.2, 0) is 11.3 Å². The molecule has 1 atom stereocenters. The molecule has 0 saturated carbocycles. The summed E-state index contributed by atoms with van der Waals surface area (Å²) in [5, 5.41) is 3.37. The number of hydrogen-bond acceptors (Lipinski definition) is 4. The monoisotopic (exact) mass is 252 g/mol. The SMILES string of the molecule is CCCNCc1cnc(C)cc1OC(C)COC. The predicted octanol–water partition coefficient (Wildman–Crippen LogP) is 2.30. The molecule has 0 fully saturated rings. The van der Waals surface area contributed by atoms with Crippen molar-refractivity contribution in [3.8, 4) is 5.75 Å². The molecule has 0 spiro atoms. The van der Waals surface area contributed by atoms with Crippen LogP contribution in [0.15, 0.2) is 12.3 Å². The van der Waals surface area contributed by atoms with E-state index in [1.54, 1.807) is 7.11 Å². The molecule has 1 rings (SSSR count). The standard InChI is InChI=1S/C14H24N2O2/c1-5-6-15-8-13-9-16-11(2)7-14(13)18-12(3)10-17-4/h7,9,12,15H,5-6,8,10H2,1-4H3. The zero-order chi connectivity index (χ0) is 13.4. The summed E-state index contributed by atoms with van der Waals surface area (Å²) in [5.74, 6) is 0.899. The molecule has 4 nitrogen and oxygen atoms in total. The maximum atomic E-state index is 5.89. The Labute approximate surface area is 110 Å². The molecule has 1 heterocycles. The lowest BCUT2D eigenvalue weighted by atomic mass is 10.2. The van der Waals surface area contributed by atoms with Gasteiger partial charge >= 0.3 is 0 Å². The van der Waals surface area contributed by atoms with E-state index < -0.39 is 0 Å². The minimum absolute atomic E-state index is 0.0433. The van der Waals surface area contributed by atoms with Gasteiger partial charge in [0.1, 0.15) is 11.9 Å². The zero-order valence-electron chi connectivity index (χ0n) is 11.8. The molecule has 4 heteroatoms. The minimum Gasteiger partial charge on any atom is -0.488 e. The number of aromatic nitrogens is 1. The van der Waals surface area contributed by atoms with Crippen LogP contribution in [0.1, 0.15) is 31.5 Å². The van der Waals surface area contributed by atoms with Crippen molar-refractivity contribution < 1.29 is 9.47 Å². The van der Waals surface area contributed by atoms with Crippen LogP contribution in [0.25, 0.3) is 0 Å². The van der Waals surface area contributed by atoms with E-state index in [0.717, 1.165) is 36.5 Å². The molecule has 1 unspecified atom stereocenters. The Morgan fingerprint density at radius 1 is 1.44 bits per heavy atom. The second-order valence-corrected chi connectivity index (χ2v) is 4.49. The van der Waals surface area contributed by atoms with Crippen molar-refractivity contribution in [1.29, 1.82) is 0 Å². The Morgan fingerprint density at radius 2 is 2.22 bits per heavy atom. The van der Waals surface area contributed by atoms with Crippen LogP contribution in [-0.4, -0.2) is 31.3 Å². The van der Waals surface area contributed by atoms with Crippen molar-refractivity contribution in [3.63, 3.8) is 0 Å². The molecule has 0 aliphatic rings. The van der Waals surface area contributed by atoms with E-state index in [2.05, 4.69) is 17.2 Å². The molecule has 18 heavy (non-hydrogen) atoms. The molecule has 102 valence electrons. The topological polar surface area (TPSA) is 43.4 Å². The fourth-order valence-electron chi connectivity index (χ4n) is 1.69. The van der Waals surface area contributed by atoms with Crippen molar-refractivity contribution in [2.45, 2.75) is 39.8 Å². The Hall–Kier alpha value is -1.13. The summed E-state index contributed by atoms with van der Waals surface area (Å²) >= 11 is 0. The van der Waals surface area contributed by atoms with Gasteiger partial charge in [0.25, 0.3) is 0 Å². The highest BCUT2D eigenvalue weighted by Gasteiger charge is 2.09. The number of hydrogen-bond donors (Lipinski definition) is 1. The van der Waals surface area contributed by atoms with Gasteiger partial charge in [-0.1, -0.05) is 6.92 Å². The summed E-state index contributed by atoms with van der Waals surface area (Å²) < 4.78 is 11.0. The molecule has 0 aliphatic heterocycles. The molecule has 0 saturated heterocycles. The van der Waals surface area contributed by atoms with Crippen LogP contribution < -0.4 is 10.1 Å². The van der Waals surface area contributed by atoms with Gasteiger partial charge in [-0.2, -0.15) is 0 Å². The largest absolute Gasteiger partial charge is 0.488 e. The minimum atomic E-state index is 0.0433. The normalized spacial score (nSPS) is 12.4. The smallest absolute Gasteiger partial charge is 0.127 e. The second-order valence-electron chi connectivity index (χ2n) is 4.49. The Balaban J connectivity index is 2.69. The maximum absolute atomic E-state index is 5.89. The number of rotatable bonds is 8. The molecule has 0 bridgehead atoms. The number of nitrogens with zero attached hydrogens (tertiary/aromatic N) is 1. The summed E-state index contributed by atoms with van der Waals surface area (Å²) in [6.45, 7) is 8.50. The van der Waals surface area contributed by atoms with Gasteiger partial charge in [0, 0.05) is 37.2 Å². The Morgan fingerprint density at radius 3 is 2.89 bits per heavy atom. The van der Waals surface area contributed by atoms with Gasteiger partial charge in [-0.05, 0) is 26.8 Å². The summed E-state index contributed by atoms with van der Waals surface area (Å²) in [7, 11) is 1.68. The van der Waals surface area contributed by atoms with E-state index in [0.29, 0.717) is 6.61 Å². The third-order valence-corrected chi connectivity index (χ3v) is 2.55. The fraction of sp³-hybridized carbons (Fsp3) is 0.643. The molecular formula is C14H24N2O2. The van der Waals surface area contributed by atoms with E-state index in [-0.39, 0.29) is 6.10 Å². The van der Waals surface area contributed by atoms with Crippen molar-refractivity contribution in [2.24, 2.45) is 0 Å². The average molecular weight is 252 g/mol. The summed E-state index contributed by atoms with van der Waals surface area (Å²) in [4.78, 5) is 4.32. The summed E-state index contributed by atoms with van der Waals surface area (Å²) in [5.41, 5.74) is 2.06. The van der Waals surface area contributed by atoms with Gasteiger partial charge in [-0.25, -0.2) is 0 Å². The number of methoxy groups -OCH3 is 1. The number of ether oxygens (including phenoxy) is 2. The molecular weight excluding hydrogens is 228 g/mol. The molecule has 0 aromatic carbocycles. The molecule has 1 aromatic rings. The van der Waals surface area contributed by atoms with Gasteiger partial charge in [0.15, 0.2) is 0 Å². The van der Waals surface area contributed by atoms with Gasteiger partial charge in [-0.3, -0.25) is 4.98 Å². The lowest BCUT2D eigenvalue weighted by Gasteiger charge is -2.17. The highest BCUT2D eigenvalue weighted by Crippen LogP contribution is 2.20. The summed E-state index contributed by atoms with van der Waals surface area (Å²) in [6.07, 6.45) is 3.05. The highest BCUT2D eigenvalue weighted by atomic mass is 16.5. The predicted molar refractivity (Wildman–Crippen MR) is 72.9 cm³/mol. The molecule has 0 radical (unpaired) electrons. The third kappa shape index (κ3) is 5.02. The zero-order valence-corrected chi connectivity index (χ0v) is 11.8. The third-order valence-electron chi connectivity index (χ3n) is 2.55. The lowest BCUT2D eigenvalue weighted by Crippen LogP contribution is -2.20. The first kappa shape index (κ1) is 14.9. The molecule has 0 aliphatic carbocycles. The van der Waals surface area contributed by atoms with Gasteiger partial charge < -0.3 is 14.8 Å². The molecule has 0 amide bonds. The van der Waals surface area contributed by atoms with E-state index >= 15 is 0 Å². The first-order valence-electron chi connectivity index (χ1n) is 6.49. The quantitative estimate of drug-likeness (QED) is 0.721. The van der Waals surface area contributed by atoms with Crippen LogP contribution in [0.2, 0.25) is 0 Å². The number of nitrogens with one attached hydrogen (secondary N) is 1. The average Bonchev–Trinajstić information content (AvgIpc) is 2.32. The van der Waals surface area contributed by atoms with Crippen LogP contribution in [0.3, 0.4) is 0 Å². The first-order valence-corrected chi connectivity index (χ1v) is 6.49. The fourth-order valence-corrected chi connectivity index (χ4v) is 1.69. The Bertz CT molecular complexity index is 356. The second kappa shape index (κ2) is 8.06. The Kier molecular flexibility index (Phi) is 6.68. The van der Waals surface area contributed by atoms with Gasteiger partial charge in [0.05, 0.1) is 6.61 Å². The lowest BCUT2D eigenvalue weighted by molar-refractivity contribution is 0.0912. The van der Waals surface area contributed by atoms with Gasteiger partial charge in [0.2, 0.25) is 0 Å². The molecule has 1 aromatic heterocycles. The first-order chi connectivity index (χ1) is 8.67. The van der Waals surface area contributed by atoms with Crippen LogP contribution in [0.5, 0.6) is 5.75 Å². The summed E-state index contributed by atoms with van der Waals surface area (Å²) in [6, 6.07) is 1.98. The van der Waals surface area contributed by atoms with E-state index in [4.69, 9.17) is 9.47 Å². The van der Waals surface area contributed by atoms with Gasteiger partial charge in [-0.15, -0.1) is 0 Å².